The highest BCUT2D eigenvalue weighted by molar-refractivity contribution is 5.33. The van der Waals surface area contributed by atoms with Gasteiger partial charge in [-0.05, 0) is 7.05 Å². The zero-order valence-corrected chi connectivity index (χ0v) is 12.2. The zero-order chi connectivity index (χ0) is 15.4. The van der Waals surface area contributed by atoms with E-state index in [1.807, 2.05) is 13.8 Å². The highest BCUT2D eigenvalue weighted by atomic mass is 19.1. The molecule has 4 nitrogen and oxygen atoms in total. The molecule has 2 rings (SSSR count). The van der Waals surface area contributed by atoms with E-state index in [0.717, 1.165) is 18.2 Å². The van der Waals surface area contributed by atoms with Gasteiger partial charge in [0.2, 0.25) is 0 Å². The smallest absolute Gasteiger partial charge is 0.168 e. The molecule has 0 saturated heterocycles. The highest BCUT2D eigenvalue weighted by Crippen LogP contribution is 2.26. The number of hydrogen-bond donors (Lipinski definition) is 1. The van der Waals surface area contributed by atoms with Crippen molar-refractivity contribution in [2.24, 2.45) is 0 Å². The summed E-state index contributed by atoms with van der Waals surface area (Å²) in [4.78, 5) is 8.63. The van der Waals surface area contributed by atoms with Crippen molar-refractivity contribution in [3.05, 3.63) is 47.5 Å². The maximum absolute atomic E-state index is 13.2. The molecule has 1 aromatic heterocycles. The largest absolute Gasteiger partial charge is 0.454 e. The summed E-state index contributed by atoms with van der Waals surface area (Å²) >= 11 is 0. The fourth-order valence-corrected chi connectivity index (χ4v) is 1.79. The molecule has 0 fully saturated rings. The van der Waals surface area contributed by atoms with E-state index in [4.69, 9.17) is 4.74 Å². The van der Waals surface area contributed by atoms with Crippen molar-refractivity contribution in [1.82, 2.24) is 15.3 Å². The normalized spacial score (nSPS) is 11.0. The standard InChI is InChI=1S/C15H17F2N3O/c1-9(2)15-19-8-14(13(20-15)7-18-3)21-12-5-10(16)4-11(17)6-12/h4-6,8-9,18H,7H2,1-3H3. The topological polar surface area (TPSA) is 47.0 Å². The van der Waals surface area contributed by atoms with Crippen LogP contribution in [0.1, 0.15) is 31.3 Å². The Morgan fingerprint density at radius 2 is 1.86 bits per heavy atom. The van der Waals surface area contributed by atoms with Gasteiger partial charge in [-0.2, -0.15) is 0 Å². The summed E-state index contributed by atoms with van der Waals surface area (Å²) in [6.07, 6.45) is 1.53. The molecule has 21 heavy (non-hydrogen) atoms. The molecule has 0 aliphatic heterocycles. The summed E-state index contributed by atoms with van der Waals surface area (Å²) < 4.78 is 31.9. The van der Waals surface area contributed by atoms with Gasteiger partial charge in [-0.15, -0.1) is 0 Å². The summed E-state index contributed by atoms with van der Waals surface area (Å²) in [6.45, 7) is 4.44. The number of ether oxygens (including phenoxy) is 1. The van der Waals surface area contributed by atoms with Crippen molar-refractivity contribution in [2.75, 3.05) is 7.05 Å². The van der Waals surface area contributed by atoms with Crippen molar-refractivity contribution >= 4 is 0 Å². The van der Waals surface area contributed by atoms with Crippen LogP contribution in [0.5, 0.6) is 11.5 Å². The van der Waals surface area contributed by atoms with Crippen molar-refractivity contribution in [3.63, 3.8) is 0 Å². The minimum atomic E-state index is -0.695. The van der Waals surface area contributed by atoms with E-state index in [2.05, 4.69) is 15.3 Å². The van der Waals surface area contributed by atoms with Crippen LogP contribution in [0.25, 0.3) is 0 Å². The van der Waals surface area contributed by atoms with E-state index < -0.39 is 11.6 Å². The third-order valence-electron chi connectivity index (χ3n) is 2.77. The number of hydrogen-bond acceptors (Lipinski definition) is 4. The second kappa shape index (κ2) is 6.58. The third-order valence-corrected chi connectivity index (χ3v) is 2.77. The Labute approximate surface area is 122 Å². The van der Waals surface area contributed by atoms with Crippen LogP contribution in [0.2, 0.25) is 0 Å². The van der Waals surface area contributed by atoms with Gasteiger partial charge >= 0.3 is 0 Å². The fraction of sp³-hybridized carbons (Fsp3) is 0.333. The van der Waals surface area contributed by atoms with Crippen LogP contribution in [-0.2, 0) is 6.54 Å². The van der Waals surface area contributed by atoms with Gasteiger partial charge in [-0.1, -0.05) is 13.8 Å². The molecule has 0 spiro atoms. The molecule has 0 atom stereocenters. The fourth-order valence-electron chi connectivity index (χ4n) is 1.79. The predicted molar refractivity (Wildman–Crippen MR) is 75.3 cm³/mol. The lowest BCUT2D eigenvalue weighted by atomic mass is 10.2. The molecule has 0 radical (unpaired) electrons. The van der Waals surface area contributed by atoms with Gasteiger partial charge in [-0.25, -0.2) is 18.7 Å². The summed E-state index contributed by atoms with van der Waals surface area (Å²) in [6, 6.07) is 3.02. The molecule has 0 aliphatic rings. The Morgan fingerprint density at radius 1 is 1.19 bits per heavy atom. The van der Waals surface area contributed by atoms with Gasteiger partial charge in [0.1, 0.15) is 28.9 Å². The van der Waals surface area contributed by atoms with Crippen molar-refractivity contribution in [1.29, 1.82) is 0 Å². The third kappa shape index (κ3) is 3.95. The van der Waals surface area contributed by atoms with E-state index in [1.165, 1.54) is 6.20 Å². The van der Waals surface area contributed by atoms with Crippen LogP contribution >= 0.6 is 0 Å². The molecule has 2 aromatic rings. The SMILES string of the molecule is CNCc1nc(C(C)C)ncc1Oc1cc(F)cc(F)c1. The lowest BCUT2D eigenvalue weighted by Crippen LogP contribution is -2.11. The number of nitrogens with zero attached hydrogens (tertiary/aromatic N) is 2. The lowest BCUT2D eigenvalue weighted by molar-refractivity contribution is 0.453. The van der Waals surface area contributed by atoms with Crippen molar-refractivity contribution in [3.8, 4) is 11.5 Å². The van der Waals surface area contributed by atoms with Gasteiger partial charge in [0.25, 0.3) is 0 Å². The quantitative estimate of drug-likeness (QED) is 0.918. The lowest BCUT2D eigenvalue weighted by Gasteiger charge is -2.12. The molecule has 0 aliphatic carbocycles. The highest BCUT2D eigenvalue weighted by Gasteiger charge is 2.12. The van der Waals surface area contributed by atoms with Crippen LogP contribution in [0.15, 0.2) is 24.4 Å². The second-order valence-corrected chi connectivity index (χ2v) is 4.93. The summed E-state index contributed by atoms with van der Waals surface area (Å²) in [5.41, 5.74) is 0.640. The Balaban J connectivity index is 2.33. The monoisotopic (exact) mass is 293 g/mol. The molecule has 1 aromatic carbocycles. The summed E-state index contributed by atoms with van der Waals surface area (Å²) in [5.74, 6) is -0.0661. The van der Waals surface area contributed by atoms with E-state index >= 15 is 0 Å². The second-order valence-electron chi connectivity index (χ2n) is 4.93. The van der Waals surface area contributed by atoms with Crippen LogP contribution in [0, 0.1) is 11.6 Å². The minimum absolute atomic E-state index is 0.0748. The molecule has 0 amide bonds. The number of aromatic nitrogens is 2. The first-order chi connectivity index (χ1) is 9.99. The van der Waals surface area contributed by atoms with Crippen molar-refractivity contribution in [2.45, 2.75) is 26.3 Å². The molecule has 6 heteroatoms. The maximum Gasteiger partial charge on any atom is 0.168 e. The Kier molecular flexibility index (Phi) is 4.80. The Hall–Kier alpha value is -2.08. The number of halogens is 2. The van der Waals surface area contributed by atoms with E-state index in [-0.39, 0.29) is 11.7 Å². The predicted octanol–water partition coefficient (Wildman–Crippen LogP) is 3.39. The number of benzene rings is 1. The molecular weight excluding hydrogens is 276 g/mol. The average molecular weight is 293 g/mol. The first-order valence-corrected chi connectivity index (χ1v) is 6.64. The average Bonchev–Trinajstić information content (AvgIpc) is 2.39. The van der Waals surface area contributed by atoms with Gasteiger partial charge in [0.05, 0.1) is 6.20 Å². The van der Waals surface area contributed by atoms with E-state index in [0.29, 0.717) is 23.8 Å². The maximum atomic E-state index is 13.2. The first-order valence-electron chi connectivity index (χ1n) is 6.64. The molecular formula is C15H17F2N3O. The molecule has 112 valence electrons. The molecule has 0 saturated carbocycles. The number of rotatable bonds is 5. The molecule has 1 heterocycles. The van der Waals surface area contributed by atoms with Gasteiger partial charge in [0.15, 0.2) is 5.75 Å². The summed E-state index contributed by atoms with van der Waals surface area (Å²) in [7, 11) is 1.78. The van der Waals surface area contributed by atoms with E-state index in [1.54, 1.807) is 7.05 Å². The minimum Gasteiger partial charge on any atom is -0.454 e. The van der Waals surface area contributed by atoms with Crippen molar-refractivity contribution < 1.29 is 13.5 Å². The first kappa shape index (κ1) is 15.3. The van der Waals surface area contributed by atoms with Gasteiger partial charge < -0.3 is 10.1 Å². The molecule has 1 N–H and O–H groups in total. The van der Waals surface area contributed by atoms with Gasteiger partial charge in [-0.3, -0.25) is 0 Å². The van der Waals surface area contributed by atoms with E-state index in [9.17, 15) is 8.78 Å². The van der Waals surface area contributed by atoms with Gasteiger partial charge in [0, 0.05) is 30.7 Å². The van der Waals surface area contributed by atoms with Crippen LogP contribution in [0.4, 0.5) is 8.78 Å². The number of nitrogens with one attached hydrogen (secondary N) is 1. The molecule has 0 unspecified atom stereocenters. The Morgan fingerprint density at radius 3 is 2.43 bits per heavy atom. The molecule has 0 bridgehead atoms. The van der Waals surface area contributed by atoms with Crippen LogP contribution in [-0.4, -0.2) is 17.0 Å². The van der Waals surface area contributed by atoms with Crippen LogP contribution < -0.4 is 10.1 Å². The Bertz CT molecular complexity index is 612. The van der Waals surface area contributed by atoms with Crippen LogP contribution in [0.3, 0.4) is 0 Å². The zero-order valence-electron chi connectivity index (χ0n) is 12.2. The summed E-state index contributed by atoms with van der Waals surface area (Å²) in [5, 5.41) is 2.98.